The molecule has 8 heteroatoms. The number of aliphatic imine (C=N–C) groups is 1. The van der Waals surface area contributed by atoms with Crippen LogP contribution in [-0.4, -0.2) is 58.4 Å². The van der Waals surface area contributed by atoms with Crippen LogP contribution in [0.2, 0.25) is 0 Å². The second-order valence-electron chi connectivity index (χ2n) is 6.16. The second-order valence-corrected chi connectivity index (χ2v) is 6.16. The van der Waals surface area contributed by atoms with Gasteiger partial charge in [0.15, 0.2) is 5.96 Å². The largest absolute Gasteiger partial charge is 0.495 e. The molecule has 152 valence electrons. The molecule has 0 aliphatic carbocycles. The molecule has 0 aromatic heterocycles. The Morgan fingerprint density at radius 1 is 1.37 bits per heavy atom. The summed E-state index contributed by atoms with van der Waals surface area (Å²) in [4.78, 5) is 17.9. The van der Waals surface area contributed by atoms with E-state index in [1.807, 2.05) is 25.1 Å². The summed E-state index contributed by atoms with van der Waals surface area (Å²) < 4.78 is 10.4. The number of halogens is 1. The minimum Gasteiger partial charge on any atom is -0.495 e. The van der Waals surface area contributed by atoms with Crippen LogP contribution < -0.4 is 20.3 Å². The molecule has 0 spiro atoms. The highest BCUT2D eigenvalue weighted by Crippen LogP contribution is 2.30. The van der Waals surface area contributed by atoms with Crippen LogP contribution in [0.5, 0.6) is 5.75 Å². The lowest BCUT2D eigenvalue weighted by molar-refractivity contribution is -0.143. The Morgan fingerprint density at radius 3 is 2.85 bits per heavy atom. The van der Waals surface area contributed by atoms with Crippen molar-refractivity contribution in [2.45, 2.75) is 32.2 Å². The van der Waals surface area contributed by atoms with Crippen LogP contribution in [0.3, 0.4) is 0 Å². The molecule has 0 radical (unpaired) electrons. The molecular weight excluding hydrogens is 459 g/mol. The van der Waals surface area contributed by atoms with Crippen molar-refractivity contribution in [2.75, 3.05) is 45.3 Å². The molecule has 1 unspecified atom stereocenters. The first-order valence-corrected chi connectivity index (χ1v) is 9.18. The van der Waals surface area contributed by atoms with Crippen LogP contribution in [0.15, 0.2) is 29.3 Å². The fourth-order valence-electron chi connectivity index (χ4n) is 3.05. The van der Waals surface area contributed by atoms with Crippen LogP contribution in [0.1, 0.15) is 26.2 Å². The normalized spacial score (nSPS) is 16.5. The number of rotatable bonds is 8. The zero-order valence-electron chi connectivity index (χ0n) is 16.4. The summed E-state index contributed by atoms with van der Waals surface area (Å²) in [7, 11) is 3.46. The Bertz CT molecular complexity index is 612. The van der Waals surface area contributed by atoms with E-state index in [9.17, 15) is 4.79 Å². The van der Waals surface area contributed by atoms with Crippen molar-refractivity contribution < 1.29 is 14.3 Å². The minimum absolute atomic E-state index is 0. The number of ether oxygens (including phenoxy) is 2. The van der Waals surface area contributed by atoms with Crippen LogP contribution in [0.25, 0.3) is 0 Å². The number of nitrogens with zero attached hydrogens (tertiary/aromatic N) is 2. The zero-order valence-corrected chi connectivity index (χ0v) is 18.7. The van der Waals surface area contributed by atoms with Gasteiger partial charge in [0.25, 0.3) is 0 Å². The van der Waals surface area contributed by atoms with Crippen molar-refractivity contribution in [2.24, 2.45) is 4.99 Å². The van der Waals surface area contributed by atoms with Gasteiger partial charge in [-0.1, -0.05) is 12.1 Å². The summed E-state index contributed by atoms with van der Waals surface area (Å²) in [6.07, 6.45) is 2.17. The first-order valence-electron chi connectivity index (χ1n) is 9.18. The molecule has 2 N–H and O–H groups in total. The van der Waals surface area contributed by atoms with E-state index in [2.05, 4.69) is 26.6 Å². The Morgan fingerprint density at radius 2 is 2.15 bits per heavy atom. The maximum absolute atomic E-state index is 11.3. The first-order chi connectivity index (χ1) is 12.7. The predicted octanol–water partition coefficient (Wildman–Crippen LogP) is 2.40. The standard InChI is InChI=1S/C19H30N4O3.HI/c1-4-26-18(24)10-7-12-21-19(20-2)22-15-11-13-23(14-15)16-8-5-6-9-17(16)25-3;/h5-6,8-9,15H,4,7,10-14H2,1-3H3,(H2,20,21,22);1H. The van der Waals surface area contributed by atoms with E-state index in [1.54, 1.807) is 14.2 Å². The number of esters is 1. The van der Waals surface area contributed by atoms with Gasteiger partial charge in [-0.05, 0) is 31.9 Å². The van der Waals surface area contributed by atoms with Crippen molar-refractivity contribution >= 4 is 41.6 Å². The number of hydrogen-bond acceptors (Lipinski definition) is 5. The van der Waals surface area contributed by atoms with Gasteiger partial charge in [-0.25, -0.2) is 0 Å². The number of para-hydroxylation sites is 2. The third kappa shape index (κ3) is 7.43. The van der Waals surface area contributed by atoms with Crippen molar-refractivity contribution in [3.63, 3.8) is 0 Å². The zero-order chi connectivity index (χ0) is 18.8. The summed E-state index contributed by atoms with van der Waals surface area (Å²) in [6.45, 7) is 4.79. The van der Waals surface area contributed by atoms with E-state index >= 15 is 0 Å². The molecule has 1 fully saturated rings. The highest BCUT2D eigenvalue weighted by molar-refractivity contribution is 14.0. The van der Waals surface area contributed by atoms with Gasteiger partial charge in [-0.3, -0.25) is 9.79 Å². The molecule has 7 nitrogen and oxygen atoms in total. The van der Waals surface area contributed by atoms with E-state index in [0.717, 1.165) is 43.3 Å². The number of carbonyl (C=O) groups is 1. The quantitative estimate of drug-likeness (QED) is 0.192. The fraction of sp³-hybridized carbons (Fsp3) is 0.579. The van der Waals surface area contributed by atoms with Gasteiger partial charge in [-0.2, -0.15) is 0 Å². The van der Waals surface area contributed by atoms with Gasteiger partial charge in [0.1, 0.15) is 5.75 Å². The minimum atomic E-state index is -0.152. The third-order valence-electron chi connectivity index (χ3n) is 4.33. The maximum Gasteiger partial charge on any atom is 0.305 e. The Labute approximate surface area is 178 Å². The fourth-order valence-corrected chi connectivity index (χ4v) is 3.05. The third-order valence-corrected chi connectivity index (χ3v) is 4.33. The summed E-state index contributed by atoms with van der Waals surface area (Å²) in [5, 5.41) is 6.72. The maximum atomic E-state index is 11.3. The predicted molar refractivity (Wildman–Crippen MR) is 119 cm³/mol. The molecular formula is C19H31IN4O3. The van der Waals surface area contributed by atoms with Crippen molar-refractivity contribution in [3.8, 4) is 5.75 Å². The molecule has 1 aromatic carbocycles. The smallest absolute Gasteiger partial charge is 0.305 e. The van der Waals surface area contributed by atoms with Crippen molar-refractivity contribution in [1.82, 2.24) is 10.6 Å². The van der Waals surface area contributed by atoms with Crippen molar-refractivity contribution in [3.05, 3.63) is 24.3 Å². The van der Waals surface area contributed by atoms with Crippen LogP contribution in [0, 0.1) is 0 Å². The monoisotopic (exact) mass is 490 g/mol. The van der Waals surface area contributed by atoms with E-state index < -0.39 is 0 Å². The highest BCUT2D eigenvalue weighted by atomic mass is 127. The summed E-state index contributed by atoms with van der Waals surface area (Å²) >= 11 is 0. The summed E-state index contributed by atoms with van der Waals surface area (Å²) in [5.41, 5.74) is 1.12. The molecule has 1 heterocycles. The van der Waals surface area contributed by atoms with Gasteiger partial charge in [-0.15, -0.1) is 24.0 Å². The number of carbonyl (C=O) groups excluding carboxylic acids is 1. The molecule has 0 bridgehead atoms. The summed E-state index contributed by atoms with van der Waals surface area (Å²) in [6, 6.07) is 8.40. The number of guanidine groups is 1. The Hall–Kier alpha value is -1.71. The lowest BCUT2D eigenvalue weighted by Gasteiger charge is -2.22. The number of anilines is 1. The van der Waals surface area contributed by atoms with Crippen LogP contribution in [0.4, 0.5) is 5.69 Å². The summed E-state index contributed by atoms with van der Waals surface area (Å²) in [5.74, 6) is 1.51. The Kier molecular flexibility index (Phi) is 10.9. The van der Waals surface area contributed by atoms with E-state index in [0.29, 0.717) is 25.6 Å². The first kappa shape index (κ1) is 23.3. The SMILES string of the molecule is CCOC(=O)CCCNC(=NC)NC1CCN(c2ccccc2OC)C1.I. The molecule has 0 amide bonds. The van der Waals surface area contributed by atoms with E-state index in [4.69, 9.17) is 9.47 Å². The molecule has 1 aliphatic rings. The lowest BCUT2D eigenvalue weighted by atomic mass is 10.2. The molecule has 1 atom stereocenters. The van der Waals surface area contributed by atoms with Gasteiger partial charge in [0, 0.05) is 39.1 Å². The molecule has 1 aliphatic heterocycles. The van der Waals surface area contributed by atoms with Gasteiger partial charge >= 0.3 is 5.97 Å². The molecule has 0 saturated carbocycles. The van der Waals surface area contributed by atoms with Gasteiger partial charge in [0.2, 0.25) is 0 Å². The lowest BCUT2D eigenvalue weighted by Crippen LogP contribution is -2.44. The van der Waals surface area contributed by atoms with E-state index in [1.165, 1.54) is 0 Å². The number of benzene rings is 1. The molecule has 1 aromatic rings. The topological polar surface area (TPSA) is 75.2 Å². The average molecular weight is 490 g/mol. The highest BCUT2D eigenvalue weighted by Gasteiger charge is 2.25. The molecule has 2 rings (SSSR count). The second kappa shape index (κ2) is 12.6. The van der Waals surface area contributed by atoms with Gasteiger partial charge < -0.3 is 25.0 Å². The number of nitrogens with one attached hydrogen (secondary N) is 2. The average Bonchev–Trinajstić information content (AvgIpc) is 3.12. The van der Waals surface area contributed by atoms with Crippen LogP contribution in [-0.2, 0) is 9.53 Å². The number of hydrogen-bond donors (Lipinski definition) is 2. The van der Waals surface area contributed by atoms with Crippen LogP contribution >= 0.6 is 24.0 Å². The number of methoxy groups -OCH3 is 1. The molecule has 1 saturated heterocycles. The van der Waals surface area contributed by atoms with Gasteiger partial charge in [0.05, 0.1) is 19.4 Å². The Balaban J connectivity index is 0.00000364. The molecule has 27 heavy (non-hydrogen) atoms. The van der Waals surface area contributed by atoms with Crippen molar-refractivity contribution in [1.29, 1.82) is 0 Å². The van der Waals surface area contributed by atoms with E-state index in [-0.39, 0.29) is 29.9 Å².